The van der Waals surface area contributed by atoms with Gasteiger partial charge in [-0.15, -0.1) is 0 Å². The summed E-state index contributed by atoms with van der Waals surface area (Å²) in [5, 5.41) is 10.9. The molecular weight excluding hydrogens is 336 g/mol. The van der Waals surface area contributed by atoms with Gasteiger partial charge in [0.1, 0.15) is 29.5 Å². The van der Waals surface area contributed by atoms with Crippen molar-refractivity contribution in [3.63, 3.8) is 0 Å². The number of nitro groups is 1. The number of hydrogen-bond donors (Lipinski definition) is 1. The molecule has 1 N–H and O–H groups in total. The molecule has 0 saturated carbocycles. The molecule has 0 saturated heterocycles. The maximum atomic E-state index is 12.0. The number of hydrogen-bond acceptors (Lipinski definition) is 6. The van der Waals surface area contributed by atoms with Crippen LogP contribution in [0.1, 0.15) is 0 Å². The Balaban J connectivity index is 1.95. The van der Waals surface area contributed by atoms with E-state index in [0.717, 1.165) is 0 Å². The SMILES string of the molecule is COc1ccc(OCCS(=O)(=O)Nc2ccccc2[N+](=O)[O-])cc1. The molecule has 2 aromatic carbocycles. The Morgan fingerprint density at radius 1 is 1.08 bits per heavy atom. The average molecular weight is 352 g/mol. The second-order valence-corrected chi connectivity index (χ2v) is 6.56. The lowest BCUT2D eigenvalue weighted by Gasteiger charge is -2.10. The van der Waals surface area contributed by atoms with E-state index in [2.05, 4.69) is 4.72 Å². The molecule has 8 nitrogen and oxygen atoms in total. The summed E-state index contributed by atoms with van der Waals surface area (Å²) in [5.74, 6) is 0.815. The van der Waals surface area contributed by atoms with Crippen molar-refractivity contribution in [1.29, 1.82) is 0 Å². The van der Waals surface area contributed by atoms with Crippen molar-refractivity contribution in [2.75, 3.05) is 24.2 Å². The minimum Gasteiger partial charge on any atom is -0.497 e. The number of nitrogens with zero attached hydrogens (tertiary/aromatic N) is 1. The van der Waals surface area contributed by atoms with Gasteiger partial charge in [0.2, 0.25) is 10.0 Å². The van der Waals surface area contributed by atoms with Gasteiger partial charge in [0.15, 0.2) is 0 Å². The van der Waals surface area contributed by atoms with Gasteiger partial charge in [-0.2, -0.15) is 0 Å². The molecule has 0 aliphatic carbocycles. The molecule has 0 aromatic heterocycles. The highest BCUT2D eigenvalue weighted by Gasteiger charge is 2.18. The number of para-hydroxylation sites is 2. The summed E-state index contributed by atoms with van der Waals surface area (Å²) in [6, 6.07) is 12.2. The van der Waals surface area contributed by atoms with Gasteiger partial charge in [0.05, 0.1) is 12.0 Å². The van der Waals surface area contributed by atoms with Crippen LogP contribution in [-0.2, 0) is 10.0 Å². The van der Waals surface area contributed by atoms with Crippen LogP contribution in [0.25, 0.3) is 0 Å². The number of anilines is 1. The maximum absolute atomic E-state index is 12.0. The van der Waals surface area contributed by atoms with Crippen LogP contribution < -0.4 is 14.2 Å². The van der Waals surface area contributed by atoms with Crippen LogP contribution in [0.2, 0.25) is 0 Å². The fourth-order valence-corrected chi connectivity index (χ4v) is 2.79. The molecule has 0 aliphatic heterocycles. The Labute approximate surface area is 139 Å². The van der Waals surface area contributed by atoms with Crippen LogP contribution in [0.4, 0.5) is 11.4 Å². The number of rotatable bonds is 8. The van der Waals surface area contributed by atoms with Crippen LogP contribution in [0.3, 0.4) is 0 Å². The zero-order chi connectivity index (χ0) is 17.6. The third-order valence-electron chi connectivity index (χ3n) is 3.05. The number of ether oxygens (including phenoxy) is 2. The topological polar surface area (TPSA) is 108 Å². The molecule has 0 bridgehead atoms. The zero-order valence-electron chi connectivity index (χ0n) is 12.8. The van der Waals surface area contributed by atoms with E-state index in [-0.39, 0.29) is 23.7 Å². The number of sulfonamides is 1. The first-order chi connectivity index (χ1) is 11.4. The van der Waals surface area contributed by atoms with Gasteiger partial charge in [0.25, 0.3) is 5.69 Å². The number of nitro benzene ring substituents is 1. The molecule has 0 spiro atoms. The van der Waals surface area contributed by atoms with E-state index in [4.69, 9.17) is 9.47 Å². The van der Waals surface area contributed by atoms with Crippen molar-refractivity contribution in [2.45, 2.75) is 0 Å². The molecule has 0 aliphatic rings. The maximum Gasteiger partial charge on any atom is 0.293 e. The van der Waals surface area contributed by atoms with E-state index in [1.54, 1.807) is 24.3 Å². The summed E-state index contributed by atoms with van der Waals surface area (Å²) in [4.78, 5) is 10.2. The summed E-state index contributed by atoms with van der Waals surface area (Å²) in [5.41, 5.74) is -0.385. The average Bonchev–Trinajstić information content (AvgIpc) is 2.55. The van der Waals surface area contributed by atoms with Crippen molar-refractivity contribution in [2.24, 2.45) is 0 Å². The molecule has 0 amide bonds. The first-order valence-electron chi connectivity index (χ1n) is 6.92. The highest BCUT2D eigenvalue weighted by molar-refractivity contribution is 7.92. The second kappa shape index (κ2) is 7.64. The smallest absolute Gasteiger partial charge is 0.293 e. The van der Waals surface area contributed by atoms with E-state index in [9.17, 15) is 18.5 Å². The predicted molar refractivity (Wildman–Crippen MR) is 89.0 cm³/mol. The second-order valence-electron chi connectivity index (χ2n) is 4.72. The Morgan fingerprint density at radius 2 is 1.71 bits per heavy atom. The van der Waals surface area contributed by atoms with Crippen molar-refractivity contribution in [3.8, 4) is 11.5 Å². The minimum atomic E-state index is -3.78. The molecule has 2 rings (SSSR count). The molecule has 0 atom stereocenters. The van der Waals surface area contributed by atoms with Gasteiger partial charge >= 0.3 is 0 Å². The summed E-state index contributed by atoms with van der Waals surface area (Å²) in [7, 11) is -2.24. The molecule has 0 heterocycles. The molecule has 0 unspecified atom stereocenters. The van der Waals surface area contributed by atoms with Gasteiger partial charge in [-0.05, 0) is 30.3 Å². The monoisotopic (exact) mass is 352 g/mol. The quantitative estimate of drug-likeness (QED) is 0.577. The lowest BCUT2D eigenvalue weighted by molar-refractivity contribution is -0.383. The van der Waals surface area contributed by atoms with Gasteiger partial charge in [-0.25, -0.2) is 8.42 Å². The molecular formula is C15H16N2O6S. The van der Waals surface area contributed by atoms with Crippen LogP contribution in [0.5, 0.6) is 11.5 Å². The van der Waals surface area contributed by atoms with Gasteiger partial charge in [0, 0.05) is 6.07 Å². The van der Waals surface area contributed by atoms with Gasteiger partial charge in [-0.1, -0.05) is 12.1 Å². The first-order valence-corrected chi connectivity index (χ1v) is 8.57. The lowest BCUT2D eigenvalue weighted by Crippen LogP contribution is -2.21. The van der Waals surface area contributed by atoms with Crippen molar-refractivity contribution >= 4 is 21.4 Å². The highest BCUT2D eigenvalue weighted by Crippen LogP contribution is 2.24. The number of nitrogens with one attached hydrogen (secondary N) is 1. The standard InChI is InChI=1S/C15H16N2O6S/c1-22-12-6-8-13(9-7-12)23-10-11-24(20,21)16-14-4-2-3-5-15(14)17(18)19/h2-9,16H,10-11H2,1H3. The lowest BCUT2D eigenvalue weighted by atomic mass is 10.3. The van der Waals surface area contributed by atoms with Crippen LogP contribution in [0, 0.1) is 10.1 Å². The van der Waals surface area contributed by atoms with Crippen LogP contribution >= 0.6 is 0 Å². The van der Waals surface area contributed by atoms with Gasteiger partial charge < -0.3 is 9.47 Å². The third kappa shape index (κ3) is 4.85. The van der Waals surface area contributed by atoms with Crippen LogP contribution in [-0.4, -0.2) is 32.8 Å². The van der Waals surface area contributed by atoms with E-state index < -0.39 is 14.9 Å². The van der Waals surface area contributed by atoms with Crippen molar-refractivity contribution in [1.82, 2.24) is 0 Å². The van der Waals surface area contributed by atoms with E-state index in [0.29, 0.717) is 11.5 Å². The Bertz CT molecular complexity index is 805. The molecule has 9 heteroatoms. The van der Waals surface area contributed by atoms with Crippen LogP contribution in [0.15, 0.2) is 48.5 Å². The molecule has 128 valence electrons. The normalized spacial score (nSPS) is 10.9. The third-order valence-corrected chi connectivity index (χ3v) is 4.28. The summed E-state index contributed by atoms with van der Waals surface area (Å²) < 4.78 is 36.6. The fourth-order valence-electron chi connectivity index (χ4n) is 1.88. The predicted octanol–water partition coefficient (Wildman–Crippen LogP) is 2.42. The van der Waals surface area contributed by atoms with E-state index >= 15 is 0 Å². The summed E-state index contributed by atoms with van der Waals surface area (Å²) >= 11 is 0. The summed E-state index contributed by atoms with van der Waals surface area (Å²) in [6.45, 7) is -0.0949. The Kier molecular flexibility index (Phi) is 5.59. The number of methoxy groups -OCH3 is 1. The minimum absolute atomic E-state index is 0.0769. The van der Waals surface area contributed by atoms with Crippen molar-refractivity contribution in [3.05, 3.63) is 58.6 Å². The Hall–Kier alpha value is -2.81. The van der Waals surface area contributed by atoms with Gasteiger partial charge in [-0.3, -0.25) is 14.8 Å². The molecule has 0 fully saturated rings. The van der Waals surface area contributed by atoms with Crippen molar-refractivity contribution < 1.29 is 22.8 Å². The van der Waals surface area contributed by atoms with E-state index in [1.165, 1.54) is 31.4 Å². The Morgan fingerprint density at radius 3 is 2.33 bits per heavy atom. The molecule has 0 radical (unpaired) electrons. The zero-order valence-corrected chi connectivity index (χ0v) is 13.7. The fraction of sp³-hybridized carbons (Fsp3) is 0.200. The molecule has 24 heavy (non-hydrogen) atoms. The largest absolute Gasteiger partial charge is 0.497 e. The highest BCUT2D eigenvalue weighted by atomic mass is 32.2. The molecule has 2 aromatic rings. The van der Waals surface area contributed by atoms with E-state index in [1.807, 2.05) is 0 Å². The first kappa shape index (κ1) is 17.5. The number of benzene rings is 2. The summed E-state index contributed by atoms with van der Waals surface area (Å²) in [6.07, 6.45) is 0.